The van der Waals surface area contributed by atoms with E-state index in [0.29, 0.717) is 11.7 Å². The van der Waals surface area contributed by atoms with Gasteiger partial charge in [0.2, 0.25) is 5.13 Å². The Balaban J connectivity index is 1.74. The largest absolute Gasteiger partial charge is 0.359 e. The van der Waals surface area contributed by atoms with Crippen molar-refractivity contribution in [1.29, 1.82) is 0 Å². The van der Waals surface area contributed by atoms with Crippen molar-refractivity contribution in [2.24, 2.45) is 0 Å². The smallest absolute Gasteiger partial charge is 0.324 e. The van der Waals surface area contributed by atoms with Crippen molar-refractivity contribution in [2.45, 2.75) is 25.8 Å². The first-order valence-corrected chi connectivity index (χ1v) is 6.89. The Bertz CT molecular complexity index is 567. The summed E-state index contributed by atoms with van der Waals surface area (Å²) in [5.41, 5.74) is 2.41. The number of urea groups is 1. The molecule has 1 atom stereocenters. The average molecular weight is 279 g/mol. The summed E-state index contributed by atoms with van der Waals surface area (Å²) in [5.74, 6) is 0.738. The summed E-state index contributed by atoms with van der Waals surface area (Å²) in [6.07, 6.45) is 1.84. The third-order valence-electron chi connectivity index (χ3n) is 3.06. The van der Waals surface area contributed by atoms with Gasteiger partial charge in [-0.2, -0.15) is 0 Å². The highest BCUT2D eigenvalue weighted by Crippen LogP contribution is 2.32. The molecule has 8 heteroatoms. The molecule has 0 aliphatic carbocycles. The summed E-state index contributed by atoms with van der Waals surface area (Å²) < 4.78 is 5.27. The average Bonchev–Trinajstić information content (AvgIpc) is 3.07. The maximum Gasteiger partial charge on any atom is 0.324 e. The molecule has 1 unspecified atom stereocenters. The molecule has 2 amide bonds. The Morgan fingerprint density at radius 3 is 3.21 bits per heavy atom. The van der Waals surface area contributed by atoms with Gasteiger partial charge < -0.3 is 9.42 Å². The van der Waals surface area contributed by atoms with E-state index in [4.69, 9.17) is 4.52 Å². The minimum absolute atomic E-state index is 0.0471. The molecule has 0 spiro atoms. The van der Waals surface area contributed by atoms with Crippen LogP contribution in [0.2, 0.25) is 0 Å². The van der Waals surface area contributed by atoms with Gasteiger partial charge >= 0.3 is 6.03 Å². The van der Waals surface area contributed by atoms with E-state index >= 15 is 0 Å². The van der Waals surface area contributed by atoms with Crippen LogP contribution in [0.3, 0.4) is 0 Å². The quantitative estimate of drug-likeness (QED) is 0.911. The van der Waals surface area contributed by atoms with Crippen molar-refractivity contribution in [3.8, 4) is 0 Å². The van der Waals surface area contributed by atoms with Crippen LogP contribution in [0.25, 0.3) is 0 Å². The highest BCUT2D eigenvalue weighted by Gasteiger charge is 2.32. The number of nitrogens with zero attached hydrogens (tertiary/aromatic N) is 4. The first-order valence-electron chi connectivity index (χ1n) is 6.01. The van der Waals surface area contributed by atoms with Crippen LogP contribution >= 0.6 is 11.3 Å². The second-order valence-electron chi connectivity index (χ2n) is 4.40. The number of hydrogen-bond donors (Lipinski definition) is 1. The SMILES string of the molecule is Cc1cc(C2CCCN2C(=O)Nc2nncs2)on1. The van der Waals surface area contributed by atoms with Gasteiger partial charge in [0, 0.05) is 12.6 Å². The molecule has 19 heavy (non-hydrogen) atoms. The van der Waals surface area contributed by atoms with Crippen LogP contribution in [-0.2, 0) is 0 Å². The minimum atomic E-state index is -0.173. The van der Waals surface area contributed by atoms with Gasteiger partial charge in [0.15, 0.2) is 5.76 Å². The topological polar surface area (TPSA) is 84.2 Å². The fourth-order valence-corrected chi connectivity index (χ4v) is 2.67. The first-order chi connectivity index (χ1) is 9.24. The van der Waals surface area contributed by atoms with Gasteiger partial charge in [-0.05, 0) is 19.8 Å². The highest BCUT2D eigenvalue weighted by atomic mass is 32.1. The number of carbonyl (C=O) groups excluding carboxylic acids is 1. The van der Waals surface area contributed by atoms with Gasteiger partial charge in [0.1, 0.15) is 5.51 Å². The molecule has 0 radical (unpaired) electrons. The number of likely N-dealkylation sites (tertiary alicyclic amines) is 1. The predicted molar refractivity (Wildman–Crippen MR) is 68.8 cm³/mol. The van der Waals surface area contributed by atoms with E-state index in [2.05, 4.69) is 20.7 Å². The summed E-state index contributed by atoms with van der Waals surface area (Å²) in [6.45, 7) is 2.57. The van der Waals surface area contributed by atoms with Crippen LogP contribution in [-0.4, -0.2) is 32.8 Å². The molecule has 1 aliphatic heterocycles. The maximum atomic E-state index is 12.2. The summed E-state index contributed by atoms with van der Waals surface area (Å²) >= 11 is 1.29. The van der Waals surface area contributed by atoms with Gasteiger partial charge in [-0.1, -0.05) is 16.5 Å². The lowest BCUT2D eigenvalue weighted by atomic mass is 10.1. The molecular formula is C11H13N5O2S. The summed E-state index contributed by atoms with van der Waals surface area (Å²) in [4.78, 5) is 13.9. The molecule has 0 aromatic carbocycles. The molecule has 2 aromatic heterocycles. The zero-order valence-corrected chi connectivity index (χ0v) is 11.2. The molecule has 1 saturated heterocycles. The molecule has 100 valence electrons. The lowest BCUT2D eigenvalue weighted by Gasteiger charge is -2.22. The van der Waals surface area contributed by atoms with Crippen LogP contribution in [0.5, 0.6) is 0 Å². The number of carbonyl (C=O) groups is 1. The van der Waals surface area contributed by atoms with Crippen molar-refractivity contribution < 1.29 is 9.32 Å². The Kier molecular flexibility index (Phi) is 3.16. The van der Waals surface area contributed by atoms with E-state index in [1.54, 1.807) is 10.4 Å². The number of rotatable bonds is 2. The normalized spacial score (nSPS) is 18.8. The van der Waals surface area contributed by atoms with Crippen molar-refractivity contribution in [1.82, 2.24) is 20.3 Å². The zero-order chi connectivity index (χ0) is 13.2. The van der Waals surface area contributed by atoms with E-state index < -0.39 is 0 Å². The number of amides is 2. The number of anilines is 1. The first kappa shape index (κ1) is 12.1. The van der Waals surface area contributed by atoms with Crippen LogP contribution < -0.4 is 5.32 Å². The zero-order valence-electron chi connectivity index (χ0n) is 10.4. The molecular weight excluding hydrogens is 266 g/mol. The van der Waals surface area contributed by atoms with Crippen molar-refractivity contribution in [3.63, 3.8) is 0 Å². The third-order valence-corrected chi connectivity index (χ3v) is 3.67. The highest BCUT2D eigenvalue weighted by molar-refractivity contribution is 7.13. The summed E-state index contributed by atoms with van der Waals surface area (Å²) in [6, 6.07) is 1.66. The van der Waals surface area contributed by atoms with Gasteiger partial charge in [0.05, 0.1) is 11.7 Å². The second-order valence-corrected chi connectivity index (χ2v) is 5.23. The minimum Gasteiger partial charge on any atom is -0.359 e. The predicted octanol–water partition coefficient (Wildman–Crippen LogP) is 2.20. The molecule has 1 fully saturated rings. The van der Waals surface area contributed by atoms with E-state index in [9.17, 15) is 4.79 Å². The monoisotopic (exact) mass is 279 g/mol. The number of aromatic nitrogens is 3. The van der Waals surface area contributed by atoms with E-state index in [1.165, 1.54) is 11.3 Å². The molecule has 7 nitrogen and oxygen atoms in total. The molecule has 3 heterocycles. The van der Waals surface area contributed by atoms with Gasteiger partial charge in [-0.15, -0.1) is 10.2 Å². The standard InChI is InChI=1S/C11H13N5O2S/c1-7-5-9(18-15-7)8-3-2-4-16(8)11(17)13-10-14-12-6-19-10/h5-6,8H,2-4H2,1H3,(H,13,14,17). The van der Waals surface area contributed by atoms with E-state index in [-0.39, 0.29) is 12.1 Å². The van der Waals surface area contributed by atoms with E-state index in [0.717, 1.165) is 24.3 Å². The second kappa shape index (κ2) is 4.96. The van der Waals surface area contributed by atoms with Gasteiger partial charge in [-0.25, -0.2) is 4.79 Å². The lowest BCUT2D eigenvalue weighted by Crippen LogP contribution is -2.34. The van der Waals surface area contributed by atoms with Crippen LogP contribution in [0, 0.1) is 6.92 Å². The number of hydrogen-bond acceptors (Lipinski definition) is 6. The molecule has 1 N–H and O–H groups in total. The molecule has 3 rings (SSSR count). The van der Waals surface area contributed by atoms with E-state index in [1.807, 2.05) is 13.0 Å². The summed E-state index contributed by atoms with van der Waals surface area (Å²) in [7, 11) is 0. The Labute approximate surface area is 113 Å². The fourth-order valence-electron chi connectivity index (χ4n) is 2.24. The maximum absolute atomic E-state index is 12.2. The van der Waals surface area contributed by atoms with Gasteiger partial charge in [-0.3, -0.25) is 5.32 Å². The number of aryl methyl sites for hydroxylation is 1. The van der Waals surface area contributed by atoms with Crippen LogP contribution in [0.1, 0.15) is 30.3 Å². The summed E-state index contributed by atoms with van der Waals surface area (Å²) in [5, 5.41) is 14.6. The molecule has 0 saturated carbocycles. The molecule has 2 aromatic rings. The number of nitrogens with one attached hydrogen (secondary N) is 1. The Morgan fingerprint density at radius 1 is 1.63 bits per heavy atom. The van der Waals surface area contributed by atoms with Crippen LogP contribution in [0.15, 0.2) is 16.1 Å². The molecule has 1 aliphatic rings. The third kappa shape index (κ3) is 2.43. The van der Waals surface area contributed by atoms with Crippen molar-refractivity contribution in [3.05, 3.63) is 23.0 Å². The van der Waals surface area contributed by atoms with Crippen LogP contribution in [0.4, 0.5) is 9.93 Å². The van der Waals surface area contributed by atoms with Gasteiger partial charge in [0.25, 0.3) is 0 Å². The lowest BCUT2D eigenvalue weighted by molar-refractivity contribution is 0.195. The van der Waals surface area contributed by atoms with Crippen molar-refractivity contribution >= 4 is 22.5 Å². The molecule has 0 bridgehead atoms. The fraction of sp³-hybridized carbons (Fsp3) is 0.455. The Morgan fingerprint density at radius 2 is 2.53 bits per heavy atom. The van der Waals surface area contributed by atoms with Crippen molar-refractivity contribution in [2.75, 3.05) is 11.9 Å². The Hall–Kier alpha value is -1.96.